The molecule has 1 nitrogen and oxygen atoms in total. The molecule has 2 heteroatoms. The van der Waals surface area contributed by atoms with E-state index < -0.39 is 0 Å². The molecule has 1 saturated heterocycles. The second-order valence-electron chi connectivity index (χ2n) is 4.75. The van der Waals surface area contributed by atoms with E-state index >= 15 is 0 Å². The summed E-state index contributed by atoms with van der Waals surface area (Å²) in [7, 11) is 0. The molecule has 1 aliphatic rings. The molecule has 0 spiro atoms. The highest BCUT2D eigenvalue weighted by Crippen LogP contribution is 2.27. The van der Waals surface area contributed by atoms with Gasteiger partial charge < -0.3 is 5.32 Å². The molecule has 0 aromatic carbocycles. The summed E-state index contributed by atoms with van der Waals surface area (Å²) >= 11 is 0. The van der Waals surface area contributed by atoms with Gasteiger partial charge in [-0.2, -0.15) is 0 Å². The standard InChI is InChI=1S/C9H19N.B/c1-8(2)6-5-7-9(3,4)10-8;/h10H,5-7H2,1-4H3;. The fourth-order valence-electron chi connectivity index (χ4n) is 2.01. The van der Waals surface area contributed by atoms with Crippen molar-refractivity contribution >= 4 is 8.41 Å². The number of hydrogen-bond acceptors (Lipinski definition) is 1. The molecule has 1 N–H and O–H groups in total. The minimum absolute atomic E-state index is 0. The Balaban J connectivity index is 0.000001000. The Labute approximate surface area is 72.5 Å². The summed E-state index contributed by atoms with van der Waals surface area (Å²) < 4.78 is 0. The van der Waals surface area contributed by atoms with Gasteiger partial charge in [0.1, 0.15) is 0 Å². The SMILES string of the molecule is CC1(C)CCCC(C)(C)N1.[B]. The maximum absolute atomic E-state index is 3.63. The maximum Gasteiger partial charge on any atom is 0.0130 e. The van der Waals surface area contributed by atoms with E-state index in [-0.39, 0.29) is 8.41 Å². The van der Waals surface area contributed by atoms with Crippen LogP contribution in [-0.4, -0.2) is 19.5 Å². The molecule has 0 amide bonds. The van der Waals surface area contributed by atoms with E-state index in [4.69, 9.17) is 0 Å². The van der Waals surface area contributed by atoms with Gasteiger partial charge in [-0.3, -0.25) is 0 Å². The van der Waals surface area contributed by atoms with Gasteiger partial charge >= 0.3 is 0 Å². The third-order valence-electron chi connectivity index (χ3n) is 2.28. The van der Waals surface area contributed by atoms with Gasteiger partial charge in [-0.05, 0) is 47.0 Å². The lowest BCUT2D eigenvalue weighted by Crippen LogP contribution is -2.55. The first-order chi connectivity index (χ1) is 4.41. The Morgan fingerprint density at radius 1 is 0.909 bits per heavy atom. The summed E-state index contributed by atoms with van der Waals surface area (Å²) in [5.74, 6) is 0. The lowest BCUT2D eigenvalue weighted by molar-refractivity contribution is 0.183. The van der Waals surface area contributed by atoms with Gasteiger partial charge in [0.25, 0.3) is 0 Å². The number of nitrogens with one attached hydrogen (secondary N) is 1. The van der Waals surface area contributed by atoms with Gasteiger partial charge in [-0.25, -0.2) is 0 Å². The molecule has 1 rings (SSSR count). The highest BCUT2D eigenvalue weighted by molar-refractivity contribution is 5.75. The third-order valence-corrected chi connectivity index (χ3v) is 2.28. The monoisotopic (exact) mass is 152 g/mol. The molecule has 0 aliphatic carbocycles. The van der Waals surface area contributed by atoms with Crippen LogP contribution in [0.5, 0.6) is 0 Å². The predicted octanol–water partition coefficient (Wildman–Crippen LogP) is 1.94. The van der Waals surface area contributed by atoms with Gasteiger partial charge in [0, 0.05) is 19.5 Å². The molecule has 0 atom stereocenters. The van der Waals surface area contributed by atoms with Crippen LogP contribution in [0, 0.1) is 0 Å². The summed E-state index contributed by atoms with van der Waals surface area (Å²) in [6.45, 7) is 9.14. The van der Waals surface area contributed by atoms with Crippen molar-refractivity contribution in [2.24, 2.45) is 0 Å². The van der Waals surface area contributed by atoms with E-state index in [1.54, 1.807) is 0 Å². The van der Waals surface area contributed by atoms with Crippen LogP contribution >= 0.6 is 0 Å². The fourth-order valence-corrected chi connectivity index (χ4v) is 2.01. The fraction of sp³-hybridized carbons (Fsp3) is 1.00. The van der Waals surface area contributed by atoms with Gasteiger partial charge in [-0.15, -0.1) is 0 Å². The van der Waals surface area contributed by atoms with E-state index in [0.717, 1.165) is 0 Å². The molecule has 63 valence electrons. The van der Waals surface area contributed by atoms with E-state index in [2.05, 4.69) is 33.0 Å². The Morgan fingerprint density at radius 2 is 1.27 bits per heavy atom. The Morgan fingerprint density at radius 3 is 1.45 bits per heavy atom. The average Bonchev–Trinajstić information content (AvgIpc) is 1.56. The topological polar surface area (TPSA) is 12.0 Å². The molecule has 0 aromatic rings. The number of hydrogen-bond donors (Lipinski definition) is 1. The first-order valence-corrected chi connectivity index (χ1v) is 4.21. The highest BCUT2D eigenvalue weighted by atomic mass is 15.0. The van der Waals surface area contributed by atoms with Crippen LogP contribution in [0.25, 0.3) is 0 Å². The molecule has 0 aromatic heterocycles. The van der Waals surface area contributed by atoms with Crippen LogP contribution in [0.15, 0.2) is 0 Å². The second-order valence-corrected chi connectivity index (χ2v) is 4.75. The lowest BCUT2D eigenvalue weighted by Gasteiger charge is -2.42. The first-order valence-electron chi connectivity index (χ1n) is 4.21. The smallest absolute Gasteiger partial charge is 0.0130 e. The summed E-state index contributed by atoms with van der Waals surface area (Å²) in [5.41, 5.74) is 0.726. The van der Waals surface area contributed by atoms with Crippen LogP contribution in [0.4, 0.5) is 0 Å². The molecule has 0 bridgehead atoms. The molecule has 1 fully saturated rings. The number of piperidine rings is 1. The van der Waals surface area contributed by atoms with Crippen molar-refractivity contribution in [3.8, 4) is 0 Å². The summed E-state index contributed by atoms with van der Waals surface area (Å²) in [5, 5.41) is 3.63. The van der Waals surface area contributed by atoms with Crippen molar-refractivity contribution in [2.75, 3.05) is 0 Å². The van der Waals surface area contributed by atoms with Crippen LogP contribution in [0.2, 0.25) is 0 Å². The van der Waals surface area contributed by atoms with Crippen molar-refractivity contribution in [1.82, 2.24) is 5.32 Å². The predicted molar refractivity (Wildman–Crippen MR) is 50.9 cm³/mol. The zero-order chi connectivity index (χ0) is 7.83. The van der Waals surface area contributed by atoms with E-state index in [1.807, 2.05) is 0 Å². The van der Waals surface area contributed by atoms with Crippen LogP contribution in [0.1, 0.15) is 47.0 Å². The Bertz CT molecular complexity index is 116. The van der Waals surface area contributed by atoms with E-state index in [1.165, 1.54) is 19.3 Å². The molecule has 3 radical (unpaired) electrons. The molecule has 11 heavy (non-hydrogen) atoms. The summed E-state index contributed by atoms with van der Waals surface area (Å²) in [6.07, 6.45) is 4.00. The number of rotatable bonds is 0. The Hall–Kier alpha value is 0.0249. The molecule has 1 aliphatic heterocycles. The van der Waals surface area contributed by atoms with Crippen molar-refractivity contribution < 1.29 is 0 Å². The van der Waals surface area contributed by atoms with Crippen molar-refractivity contribution in [3.63, 3.8) is 0 Å². The van der Waals surface area contributed by atoms with Gasteiger partial charge in [0.15, 0.2) is 0 Å². The van der Waals surface area contributed by atoms with E-state index in [0.29, 0.717) is 11.1 Å². The van der Waals surface area contributed by atoms with Crippen LogP contribution in [-0.2, 0) is 0 Å². The molecule has 0 unspecified atom stereocenters. The van der Waals surface area contributed by atoms with Gasteiger partial charge in [0.2, 0.25) is 0 Å². The second kappa shape index (κ2) is 3.18. The van der Waals surface area contributed by atoms with Crippen LogP contribution < -0.4 is 5.32 Å². The minimum atomic E-state index is 0. The van der Waals surface area contributed by atoms with Gasteiger partial charge in [-0.1, -0.05) is 0 Å². The van der Waals surface area contributed by atoms with Crippen LogP contribution in [0.3, 0.4) is 0 Å². The summed E-state index contributed by atoms with van der Waals surface area (Å²) in [4.78, 5) is 0. The zero-order valence-electron chi connectivity index (χ0n) is 8.20. The molecule has 0 saturated carbocycles. The van der Waals surface area contributed by atoms with Gasteiger partial charge in [0.05, 0.1) is 0 Å². The van der Waals surface area contributed by atoms with E-state index in [9.17, 15) is 0 Å². The van der Waals surface area contributed by atoms with Crippen molar-refractivity contribution in [3.05, 3.63) is 0 Å². The lowest BCUT2D eigenvalue weighted by atomic mass is 9.83. The third kappa shape index (κ3) is 3.28. The Kier molecular flexibility index (Phi) is 3.19. The van der Waals surface area contributed by atoms with Crippen molar-refractivity contribution in [1.29, 1.82) is 0 Å². The largest absolute Gasteiger partial charge is 0.307 e. The van der Waals surface area contributed by atoms with Crippen molar-refractivity contribution in [2.45, 2.75) is 58.0 Å². The molecular weight excluding hydrogens is 133 g/mol. The average molecular weight is 152 g/mol. The summed E-state index contributed by atoms with van der Waals surface area (Å²) in [6, 6.07) is 0. The highest BCUT2D eigenvalue weighted by Gasteiger charge is 2.31. The normalized spacial score (nSPS) is 27.3. The first kappa shape index (κ1) is 11.0. The zero-order valence-corrected chi connectivity index (χ0v) is 8.20. The molecule has 1 heterocycles. The quantitative estimate of drug-likeness (QED) is 0.523. The molecular formula is C9H19BN. The minimum Gasteiger partial charge on any atom is -0.307 e. The maximum atomic E-state index is 3.63.